The lowest BCUT2D eigenvalue weighted by Gasteiger charge is -2.30. The van der Waals surface area contributed by atoms with Crippen molar-refractivity contribution in [1.82, 2.24) is 52.1 Å². The molecular weight excluding hydrogens is 1010 g/mol. The number of guanidine groups is 3. The molecule has 1 aromatic rings. The van der Waals surface area contributed by atoms with Crippen LogP contribution in [0.5, 0.6) is 0 Å². The van der Waals surface area contributed by atoms with Gasteiger partial charge in [-0.1, -0.05) is 0 Å². The van der Waals surface area contributed by atoms with E-state index in [1.54, 1.807) is 13.8 Å². The summed E-state index contributed by atoms with van der Waals surface area (Å²) in [5.41, 5.74) is 50.3. The molecule has 32 nitrogen and oxygen atoms in total. The molecule has 0 saturated carbocycles. The fourth-order valence-corrected chi connectivity index (χ4v) is 7.91. The van der Waals surface area contributed by atoms with Crippen LogP contribution in [0.4, 0.5) is 0 Å². The van der Waals surface area contributed by atoms with Crippen molar-refractivity contribution < 1.29 is 48.3 Å². The van der Waals surface area contributed by atoms with Gasteiger partial charge in [0.1, 0.15) is 48.3 Å². The van der Waals surface area contributed by atoms with Crippen molar-refractivity contribution >= 4 is 71.0 Å². The molecule has 1 fully saturated rings. The topological polar surface area (TPSA) is 561 Å². The number of carbonyl (C=O) groups is 9. The van der Waals surface area contributed by atoms with Crippen LogP contribution >= 0.6 is 0 Å². The largest absolute Gasteiger partial charge is 0.394 e. The molecule has 27 N–H and O–H groups in total. The van der Waals surface area contributed by atoms with Gasteiger partial charge in [0.15, 0.2) is 17.9 Å². The van der Waals surface area contributed by atoms with Gasteiger partial charge in [-0.15, -0.1) is 0 Å². The summed E-state index contributed by atoms with van der Waals surface area (Å²) in [6.07, 6.45) is 3.71. The van der Waals surface area contributed by atoms with Crippen molar-refractivity contribution in [2.45, 2.75) is 152 Å². The highest BCUT2D eigenvalue weighted by Crippen LogP contribution is 2.20. The average Bonchev–Trinajstić information content (AvgIpc) is 4.08. The molecule has 0 bridgehead atoms. The standard InChI is InChI=1S/C45H82N22O10/c1-24(2)60-36(71)28(10-5-15-56-43(49)50)63-40(75)31(19-25-21-55-23-59-25)65-39(74)29(11-6-16-57-44(51)52)62-37(72)27(9-3-4-14-46)61-38(73)30(12-7-17-58-45(53)54)64-41(76)33-13-8-18-67(33)42(77)32(20-34(48)69)66-35(70)26(47)22-68/h21,23-24,26-33,68H,3-20,22,46-47H2,1-2H3,(H2,48,69)(H,55,59)(H,60,71)(H,61,73)(H,62,72)(H,63,75)(H,64,76)(H,65,74)(H,66,70)(H4,49,50,56)(H4,51,52,57)(H4,53,54,58)/t26-,27-,28-,29-,30-,31-,32-,33-/m0/s1. The molecule has 1 saturated heterocycles. The first-order valence-electron chi connectivity index (χ1n) is 25.4. The normalized spacial score (nSPS) is 15.7. The molecule has 432 valence electrons. The van der Waals surface area contributed by atoms with E-state index < -0.39 is 115 Å². The van der Waals surface area contributed by atoms with Gasteiger partial charge in [-0.25, -0.2) is 4.98 Å². The number of primary amides is 1. The second-order valence-corrected chi connectivity index (χ2v) is 18.6. The van der Waals surface area contributed by atoms with Crippen LogP contribution in [0.3, 0.4) is 0 Å². The van der Waals surface area contributed by atoms with Crippen LogP contribution in [0.15, 0.2) is 27.5 Å². The number of amides is 9. The molecule has 77 heavy (non-hydrogen) atoms. The average molecular weight is 1090 g/mol. The van der Waals surface area contributed by atoms with Gasteiger partial charge >= 0.3 is 0 Å². The summed E-state index contributed by atoms with van der Waals surface area (Å²) in [4.78, 5) is 143. The first kappa shape index (κ1) is 65.2. The Balaban J connectivity index is 2.51. The number of imidazole rings is 1. The second-order valence-electron chi connectivity index (χ2n) is 18.6. The van der Waals surface area contributed by atoms with Crippen LogP contribution in [0, 0.1) is 0 Å². The molecular formula is C45H82N22O10. The molecule has 1 aromatic heterocycles. The van der Waals surface area contributed by atoms with E-state index in [1.165, 1.54) is 12.5 Å². The van der Waals surface area contributed by atoms with Crippen LogP contribution < -0.4 is 88.8 Å². The number of aromatic amines is 1. The second kappa shape index (κ2) is 34.7. The van der Waals surface area contributed by atoms with Crippen LogP contribution in [-0.2, 0) is 49.6 Å². The molecule has 1 aliphatic rings. The van der Waals surface area contributed by atoms with Crippen molar-refractivity contribution in [1.29, 1.82) is 0 Å². The summed E-state index contributed by atoms with van der Waals surface area (Å²) in [6, 6.07) is -11.0. The number of rotatable bonds is 36. The molecule has 2 rings (SSSR count). The summed E-state index contributed by atoms with van der Waals surface area (Å²) in [6.45, 7) is 3.20. The Hall–Kier alpha value is -7.87. The van der Waals surface area contributed by atoms with Crippen LogP contribution in [-0.4, -0.2) is 185 Å². The van der Waals surface area contributed by atoms with Gasteiger partial charge in [0, 0.05) is 50.5 Å². The van der Waals surface area contributed by atoms with E-state index in [4.69, 9.17) is 51.6 Å². The van der Waals surface area contributed by atoms with Crippen molar-refractivity contribution in [3.63, 3.8) is 0 Å². The fraction of sp³-hybridized carbons (Fsp3) is 0.667. The molecule has 0 aromatic carbocycles. The summed E-state index contributed by atoms with van der Waals surface area (Å²) in [5.74, 6) is -7.91. The van der Waals surface area contributed by atoms with Gasteiger partial charge in [-0.05, 0) is 91.0 Å². The molecule has 0 radical (unpaired) electrons. The quantitative estimate of drug-likeness (QED) is 0.0169. The summed E-state index contributed by atoms with van der Waals surface area (Å²) in [7, 11) is 0. The smallest absolute Gasteiger partial charge is 0.246 e. The molecule has 0 spiro atoms. The van der Waals surface area contributed by atoms with Gasteiger partial charge in [0.2, 0.25) is 53.2 Å². The summed E-state index contributed by atoms with van der Waals surface area (Å²) in [5, 5.41) is 27.9. The number of nitrogens with zero attached hydrogens (tertiary/aromatic N) is 5. The molecule has 9 amide bonds. The van der Waals surface area contributed by atoms with Crippen LogP contribution in [0.2, 0.25) is 0 Å². The highest BCUT2D eigenvalue weighted by Gasteiger charge is 2.40. The predicted octanol–water partition coefficient (Wildman–Crippen LogP) is -8.14. The number of hydrogen-bond donors (Lipinski definition) is 18. The lowest BCUT2D eigenvalue weighted by Crippen LogP contribution is -2.60. The Morgan fingerprint density at radius 1 is 0.636 bits per heavy atom. The van der Waals surface area contributed by atoms with E-state index in [1.807, 2.05) is 0 Å². The first-order chi connectivity index (χ1) is 36.5. The van der Waals surface area contributed by atoms with Gasteiger partial charge in [0.25, 0.3) is 0 Å². The minimum atomic E-state index is -1.54. The predicted molar refractivity (Wildman–Crippen MR) is 283 cm³/mol. The van der Waals surface area contributed by atoms with E-state index in [0.29, 0.717) is 31.4 Å². The van der Waals surface area contributed by atoms with Crippen LogP contribution in [0.1, 0.15) is 96.6 Å². The first-order valence-corrected chi connectivity index (χ1v) is 25.4. The number of hydrogen-bond acceptors (Lipinski definition) is 16. The summed E-state index contributed by atoms with van der Waals surface area (Å²) >= 11 is 0. The third-order valence-electron chi connectivity index (χ3n) is 11.7. The third-order valence-corrected chi connectivity index (χ3v) is 11.7. The monoisotopic (exact) mass is 1090 g/mol. The lowest BCUT2D eigenvalue weighted by molar-refractivity contribution is -0.143. The zero-order valence-corrected chi connectivity index (χ0v) is 43.8. The van der Waals surface area contributed by atoms with E-state index >= 15 is 0 Å². The molecule has 8 atom stereocenters. The fourth-order valence-electron chi connectivity index (χ4n) is 7.91. The maximum absolute atomic E-state index is 14.4. The number of H-pyrrole nitrogens is 1. The van der Waals surface area contributed by atoms with E-state index in [9.17, 15) is 48.3 Å². The number of aromatic nitrogens is 2. The zero-order chi connectivity index (χ0) is 57.6. The molecule has 2 heterocycles. The van der Waals surface area contributed by atoms with Crippen molar-refractivity contribution in [2.75, 3.05) is 39.3 Å². The van der Waals surface area contributed by atoms with Crippen molar-refractivity contribution in [3.05, 3.63) is 18.2 Å². The molecule has 32 heteroatoms. The maximum atomic E-state index is 14.4. The number of nitrogens with one attached hydrogen (secondary N) is 8. The van der Waals surface area contributed by atoms with Crippen LogP contribution in [0.25, 0.3) is 0 Å². The highest BCUT2D eigenvalue weighted by atomic mass is 16.3. The minimum absolute atomic E-state index is 0.00252. The number of carbonyl (C=O) groups excluding carboxylic acids is 9. The van der Waals surface area contributed by atoms with Gasteiger partial charge in [0.05, 0.1) is 19.4 Å². The third kappa shape index (κ3) is 25.0. The Kier molecular flexibility index (Phi) is 29.4. The van der Waals surface area contributed by atoms with Gasteiger partial charge in [-0.2, -0.15) is 0 Å². The molecule has 0 unspecified atom stereocenters. The number of nitrogens with two attached hydrogens (primary N) is 9. The number of aliphatic imine (C=N–C) groups is 3. The summed E-state index contributed by atoms with van der Waals surface area (Å²) < 4.78 is 0. The Morgan fingerprint density at radius 2 is 1.08 bits per heavy atom. The number of aliphatic hydroxyl groups is 1. The minimum Gasteiger partial charge on any atom is -0.394 e. The lowest BCUT2D eigenvalue weighted by atomic mass is 10.0. The Labute approximate surface area is 446 Å². The van der Waals surface area contributed by atoms with E-state index in [0.717, 1.165) is 4.90 Å². The number of unbranched alkanes of at least 4 members (excludes halogenated alkanes) is 1. The zero-order valence-electron chi connectivity index (χ0n) is 43.8. The Bertz CT molecular complexity index is 2180. The molecule has 1 aliphatic heterocycles. The SMILES string of the molecule is CC(C)NC(=O)[C@H](CCCN=C(N)N)NC(=O)[C@H](Cc1cnc[nH]1)NC(=O)[C@H](CCCN=C(N)N)NC(=O)[C@H](CCCCN)NC(=O)[C@H](CCCN=C(N)N)NC(=O)[C@@H]1CCCN1C(=O)[C@H](CC(N)=O)NC(=O)[C@@H](N)CO. The number of likely N-dealkylation sites (tertiary alicyclic amines) is 1. The van der Waals surface area contributed by atoms with Crippen molar-refractivity contribution in [3.8, 4) is 0 Å². The van der Waals surface area contributed by atoms with Crippen molar-refractivity contribution in [2.24, 2.45) is 66.6 Å². The van der Waals surface area contributed by atoms with E-state index in [-0.39, 0.29) is 108 Å². The van der Waals surface area contributed by atoms with Gasteiger partial charge < -0.3 is 104 Å². The molecule has 0 aliphatic carbocycles. The number of aliphatic hydroxyl groups excluding tert-OH is 1. The Morgan fingerprint density at radius 3 is 1.51 bits per heavy atom. The van der Waals surface area contributed by atoms with Gasteiger partial charge in [-0.3, -0.25) is 58.1 Å². The highest BCUT2D eigenvalue weighted by molar-refractivity contribution is 5.99. The van der Waals surface area contributed by atoms with E-state index in [2.05, 4.69) is 62.2 Å². The maximum Gasteiger partial charge on any atom is 0.246 e.